The van der Waals surface area contributed by atoms with Crippen molar-refractivity contribution in [3.63, 3.8) is 0 Å². The van der Waals surface area contributed by atoms with Gasteiger partial charge in [-0.05, 0) is 42.9 Å². The van der Waals surface area contributed by atoms with Gasteiger partial charge in [-0.25, -0.2) is 0 Å². The molecular weight excluding hydrogens is 380 g/mol. The molecule has 0 heterocycles. The van der Waals surface area contributed by atoms with Crippen LogP contribution in [0.25, 0.3) is 11.6 Å². The number of hydrogen-bond donors (Lipinski definition) is 0. The summed E-state index contributed by atoms with van der Waals surface area (Å²) in [5.74, 6) is -0.00912. The highest BCUT2D eigenvalue weighted by molar-refractivity contribution is 6.32. The van der Waals surface area contributed by atoms with E-state index in [4.69, 9.17) is 0 Å². The molecule has 0 saturated carbocycles. The third kappa shape index (κ3) is 8.13. The zero-order valence-corrected chi connectivity index (χ0v) is 19.1. The second-order valence-corrected chi connectivity index (χ2v) is 8.06. The number of rotatable bonds is 14. The van der Waals surface area contributed by atoms with Crippen molar-refractivity contribution in [1.29, 1.82) is 0 Å². The van der Waals surface area contributed by atoms with Gasteiger partial charge in [0.2, 0.25) is 0 Å². The maximum Gasteiger partial charge on any atom is 0.190 e. The average Bonchev–Trinajstić information content (AvgIpc) is 2.81. The number of carbonyl (C=O) groups excluding carboxylic acids is 2. The average molecular weight is 417 g/mol. The van der Waals surface area contributed by atoms with Crippen molar-refractivity contribution in [1.82, 2.24) is 0 Å². The van der Waals surface area contributed by atoms with Crippen LogP contribution in [0.5, 0.6) is 0 Å². The fraction of sp³-hybridized carbons (Fsp3) is 0.379. The topological polar surface area (TPSA) is 34.1 Å². The smallest absolute Gasteiger partial charge is 0.190 e. The molecule has 2 nitrogen and oxygen atoms in total. The van der Waals surface area contributed by atoms with Crippen LogP contribution >= 0.6 is 0 Å². The van der Waals surface area contributed by atoms with Crippen molar-refractivity contribution in [2.45, 2.75) is 71.6 Å². The minimum atomic E-state index is -0.00912. The molecular formula is C29H36O2. The highest BCUT2D eigenvalue weighted by Gasteiger charge is 2.21. The second kappa shape index (κ2) is 14.3. The summed E-state index contributed by atoms with van der Waals surface area (Å²) < 4.78 is 0. The van der Waals surface area contributed by atoms with Crippen LogP contribution in [0.15, 0.2) is 71.8 Å². The zero-order chi connectivity index (χ0) is 22.3. The van der Waals surface area contributed by atoms with Crippen LogP contribution in [0.4, 0.5) is 0 Å². The van der Waals surface area contributed by atoms with Crippen LogP contribution in [0.3, 0.4) is 0 Å². The number of Topliss-reactive ketones (excluding diaryl/α,β-unsaturated/α-hetero) is 1. The van der Waals surface area contributed by atoms with Crippen LogP contribution in [0.2, 0.25) is 0 Å². The summed E-state index contributed by atoms with van der Waals surface area (Å²) in [6.07, 6.45) is 11.7. The molecule has 0 atom stereocenters. The highest BCUT2D eigenvalue weighted by Crippen LogP contribution is 2.28. The number of aldehydes is 1. The Morgan fingerprint density at radius 3 is 1.94 bits per heavy atom. The minimum Gasteiger partial charge on any atom is -0.298 e. The largest absolute Gasteiger partial charge is 0.298 e. The molecule has 2 heteroatoms. The second-order valence-electron chi connectivity index (χ2n) is 8.06. The van der Waals surface area contributed by atoms with Gasteiger partial charge < -0.3 is 0 Å². The van der Waals surface area contributed by atoms with E-state index in [1.54, 1.807) is 0 Å². The van der Waals surface area contributed by atoms with Crippen LogP contribution in [0.1, 0.15) is 82.8 Å². The van der Waals surface area contributed by atoms with E-state index >= 15 is 0 Å². The van der Waals surface area contributed by atoms with Crippen molar-refractivity contribution in [3.05, 3.63) is 82.9 Å². The summed E-state index contributed by atoms with van der Waals surface area (Å²) in [7, 11) is 0. The van der Waals surface area contributed by atoms with E-state index in [1.165, 1.54) is 6.42 Å². The van der Waals surface area contributed by atoms with E-state index in [-0.39, 0.29) is 5.78 Å². The summed E-state index contributed by atoms with van der Waals surface area (Å²) in [6.45, 7) is 4.33. The molecule has 0 fully saturated rings. The van der Waals surface area contributed by atoms with Gasteiger partial charge in [-0.3, -0.25) is 9.59 Å². The van der Waals surface area contributed by atoms with E-state index in [0.29, 0.717) is 17.6 Å². The summed E-state index contributed by atoms with van der Waals surface area (Å²) in [5.41, 5.74) is 3.84. The maximum absolute atomic E-state index is 13.9. The van der Waals surface area contributed by atoms with E-state index in [9.17, 15) is 9.59 Å². The molecule has 0 unspecified atom stereocenters. The number of allylic oxidation sites excluding steroid dienone is 3. The first-order chi connectivity index (χ1) is 15.2. The summed E-state index contributed by atoms with van der Waals surface area (Å²) in [4.78, 5) is 25.9. The van der Waals surface area contributed by atoms with Crippen molar-refractivity contribution < 1.29 is 9.59 Å². The first-order valence-corrected chi connectivity index (χ1v) is 11.7. The monoisotopic (exact) mass is 416 g/mol. The number of carbonyl (C=O) groups is 2. The normalized spacial score (nSPS) is 12.4. The Labute approximate surface area is 188 Å². The lowest BCUT2D eigenvalue weighted by Crippen LogP contribution is -2.10. The van der Waals surface area contributed by atoms with Crippen LogP contribution < -0.4 is 0 Å². The van der Waals surface area contributed by atoms with Gasteiger partial charge in [0.25, 0.3) is 0 Å². The molecule has 164 valence electrons. The molecule has 31 heavy (non-hydrogen) atoms. The molecule has 2 rings (SSSR count). The third-order valence-corrected chi connectivity index (χ3v) is 5.53. The van der Waals surface area contributed by atoms with E-state index in [0.717, 1.165) is 67.9 Å². The zero-order valence-electron chi connectivity index (χ0n) is 19.1. The van der Waals surface area contributed by atoms with Crippen molar-refractivity contribution in [2.75, 3.05) is 0 Å². The van der Waals surface area contributed by atoms with Gasteiger partial charge >= 0.3 is 0 Å². The van der Waals surface area contributed by atoms with Crippen molar-refractivity contribution in [2.24, 2.45) is 0 Å². The summed E-state index contributed by atoms with van der Waals surface area (Å²) >= 11 is 0. The van der Waals surface area contributed by atoms with Crippen LogP contribution in [0, 0.1) is 0 Å². The van der Waals surface area contributed by atoms with Crippen molar-refractivity contribution in [3.8, 4) is 0 Å². The van der Waals surface area contributed by atoms with Gasteiger partial charge in [0, 0.05) is 16.7 Å². The molecule has 0 bridgehead atoms. The van der Waals surface area contributed by atoms with Crippen LogP contribution in [-0.4, -0.2) is 12.1 Å². The Bertz CT molecular complexity index is 860. The molecule has 0 aliphatic heterocycles. The molecule has 0 amide bonds. The third-order valence-electron chi connectivity index (χ3n) is 5.53. The molecule has 0 aromatic heterocycles. The summed E-state index contributed by atoms with van der Waals surface area (Å²) in [5, 5.41) is 0. The Morgan fingerprint density at radius 2 is 1.32 bits per heavy atom. The van der Waals surface area contributed by atoms with Gasteiger partial charge in [-0.1, -0.05) is 107 Å². The Balaban J connectivity index is 2.47. The van der Waals surface area contributed by atoms with Crippen LogP contribution in [-0.2, 0) is 9.59 Å². The molecule has 0 saturated heterocycles. The molecule has 0 aliphatic rings. The molecule has 2 aromatic rings. The molecule has 0 N–H and O–H groups in total. The number of ketones is 1. The first-order valence-electron chi connectivity index (χ1n) is 11.7. The molecule has 2 aromatic carbocycles. The lowest BCUT2D eigenvalue weighted by molar-refractivity contribution is -0.111. The maximum atomic E-state index is 13.9. The van der Waals surface area contributed by atoms with E-state index in [1.807, 2.05) is 66.7 Å². The summed E-state index contributed by atoms with van der Waals surface area (Å²) in [6, 6.07) is 19.7. The lowest BCUT2D eigenvalue weighted by Gasteiger charge is -2.14. The van der Waals surface area contributed by atoms with E-state index < -0.39 is 0 Å². The molecule has 0 spiro atoms. The predicted molar refractivity (Wildman–Crippen MR) is 132 cm³/mol. The fourth-order valence-corrected chi connectivity index (χ4v) is 3.78. The lowest BCUT2D eigenvalue weighted by atomic mass is 9.88. The SMILES string of the molecule is CCCCCCC(=Cc1ccccc1)C(=O)C(=C(C=O)CCCCC)c1ccccc1. The Hall–Kier alpha value is -2.74. The first kappa shape index (κ1) is 24.5. The molecule has 0 radical (unpaired) electrons. The Morgan fingerprint density at radius 1 is 0.742 bits per heavy atom. The van der Waals surface area contributed by atoms with Crippen molar-refractivity contribution >= 4 is 23.7 Å². The molecule has 0 aliphatic carbocycles. The standard InChI is InChI=1S/C29H36O2/c1-3-5-7-13-20-26(22-24-16-11-8-12-17-24)29(31)28(25-18-14-9-15-19-25)27(23-30)21-10-6-4-2/h8-9,11-12,14-19,22-23H,3-7,10,13,20-21H2,1-2H3. The van der Waals surface area contributed by atoms with Gasteiger partial charge in [-0.2, -0.15) is 0 Å². The number of hydrogen-bond acceptors (Lipinski definition) is 2. The van der Waals surface area contributed by atoms with Gasteiger partial charge in [0.15, 0.2) is 5.78 Å². The highest BCUT2D eigenvalue weighted by atomic mass is 16.1. The van der Waals surface area contributed by atoms with Gasteiger partial charge in [0.05, 0.1) is 0 Å². The predicted octanol–water partition coefficient (Wildman–Crippen LogP) is 7.84. The number of benzene rings is 2. The quantitative estimate of drug-likeness (QED) is 0.178. The fourth-order valence-electron chi connectivity index (χ4n) is 3.78. The Kier molecular flexibility index (Phi) is 11.3. The van der Waals surface area contributed by atoms with Gasteiger partial charge in [-0.15, -0.1) is 0 Å². The van der Waals surface area contributed by atoms with E-state index in [2.05, 4.69) is 13.8 Å². The minimum absolute atomic E-state index is 0.00912. The van der Waals surface area contributed by atoms with Gasteiger partial charge in [0.1, 0.15) is 6.29 Å². The number of unbranched alkanes of at least 4 members (excludes halogenated alkanes) is 5.